The zero-order valence-corrected chi connectivity index (χ0v) is 12.9. The molecule has 0 aliphatic carbocycles. The maximum atomic E-state index is 12.0. The number of benzene rings is 2. The fourth-order valence-corrected chi connectivity index (χ4v) is 2.42. The Morgan fingerprint density at radius 3 is 2.58 bits per heavy atom. The average molecular weight is 325 g/mol. The van der Waals surface area contributed by atoms with Crippen LogP contribution in [0, 0.1) is 0 Å². The first-order valence-corrected chi connectivity index (χ1v) is 7.24. The van der Waals surface area contributed by atoms with E-state index in [1.807, 2.05) is 30.3 Å². The number of methoxy groups -OCH3 is 1. The molecule has 0 atom stereocenters. The normalized spacial score (nSPS) is 10.4. The highest BCUT2D eigenvalue weighted by molar-refractivity contribution is 5.88. The number of rotatable bonds is 6. The van der Waals surface area contributed by atoms with Crippen LogP contribution in [0.4, 0.5) is 0 Å². The van der Waals surface area contributed by atoms with E-state index in [-0.39, 0.29) is 18.0 Å². The minimum atomic E-state index is -0.549. The molecular formula is C18H15NO5. The molecule has 0 saturated carbocycles. The van der Waals surface area contributed by atoms with Crippen molar-refractivity contribution in [1.29, 1.82) is 0 Å². The van der Waals surface area contributed by atoms with Gasteiger partial charge in [0.1, 0.15) is 12.4 Å². The summed E-state index contributed by atoms with van der Waals surface area (Å²) in [5, 5.41) is 0.612. The van der Waals surface area contributed by atoms with Crippen LogP contribution < -0.4 is 19.8 Å². The molecule has 122 valence electrons. The summed E-state index contributed by atoms with van der Waals surface area (Å²) in [7, 11) is 1.41. The number of aromatic amines is 1. The number of hydrogen-bond donors (Lipinski definition) is 1. The van der Waals surface area contributed by atoms with Crippen LogP contribution in [0.5, 0.6) is 17.2 Å². The van der Waals surface area contributed by atoms with Crippen LogP contribution in [0.25, 0.3) is 10.9 Å². The molecule has 0 unspecified atom stereocenters. The van der Waals surface area contributed by atoms with Crippen molar-refractivity contribution in [3.63, 3.8) is 0 Å². The van der Waals surface area contributed by atoms with Gasteiger partial charge in [0, 0.05) is 11.5 Å². The van der Waals surface area contributed by atoms with Crippen molar-refractivity contribution < 1.29 is 19.0 Å². The largest absolute Gasteiger partial charge is 0.492 e. The van der Waals surface area contributed by atoms with Gasteiger partial charge in [0.05, 0.1) is 12.6 Å². The van der Waals surface area contributed by atoms with E-state index < -0.39 is 5.56 Å². The van der Waals surface area contributed by atoms with E-state index >= 15 is 0 Å². The predicted octanol–water partition coefficient (Wildman–Crippen LogP) is 2.65. The SMILES string of the molecule is COc1c(OC=O)c(=O)[nH]c2cc(OCc3ccccc3)ccc12. The smallest absolute Gasteiger partial charge is 0.298 e. The molecule has 0 bridgehead atoms. The van der Waals surface area contributed by atoms with Crippen molar-refractivity contribution in [2.24, 2.45) is 0 Å². The Kier molecular flexibility index (Phi) is 4.47. The highest BCUT2D eigenvalue weighted by atomic mass is 16.5. The van der Waals surface area contributed by atoms with Crippen LogP contribution in [0.1, 0.15) is 5.56 Å². The molecule has 1 aromatic heterocycles. The number of pyridine rings is 1. The molecular weight excluding hydrogens is 310 g/mol. The van der Waals surface area contributed by atoms with Crippen molar-refractivity contribution in [2.75, 3.05) is 7.11 Å². The number of carbonyl (C=O) groups is 1. The van der Waals surface area contributed by atoms with E-state index in [0.29, 0.717) is 23.3 Å². The van der Waals surface area contributed by atoms with E-state index in [4.69, 9.17) is 14.2 Å². The lowest BCUT2D eigenvalue weighted by Crippen LogP contribution is -2.12. The molecule has 0 aliphatic rings. The Labute approximate surface area is 137 Å². The van der Waals surface area contributed by atoms with E-state index in [1.54, 1.807) is 18.2 Å². The topological polar surface area (TPSA) is 77.6 Å². The van der Waals surface area contributed by atoms with E-state index in [9.17, 15) is 9.59 Å². The van der Waals surface area contributed by atoms with E-state index in [2.05, 4.69) is 4.98 Å². The fourth-order valence-electron chi connectivity index (χ4n) is 2.42. The first-order valence-electron chi connectivity index (χ1n) is 7.24. The molecule has 0 aliphatic heterocycles. The number of fused-ring (bicyclic) bond motifs is 1. The highest BCUT2D eigenvalue weighted by Crippen LogP contribution is 2.32. The van der Waals surface area contributed by atoms with Crippen molar-refractivity contribution in [2.45, 2.75) is 6.61 Å². The van der Waals surface area contributed by atoms with Gasteiger partial charge in [-0.3, -0.25) is 9.59 Å². The van der Waals surface area contributed by atoms with Crippen LogP contribution >= 0.6 is 0 Å². The predicted molar refractivity (Wildman–Crippen MR) is 88.6 cm³/mol. The zero-order valence-electron chi connectivity index (χ0n) is 12.9. The van der Waals surface area contributed by atoms with Crippen molar-refractivity contribution in [3.8, 4) is 17.2 Å². The van der Waals surface area contributed by atoms with Gasteiger partial charge in [-0.25, -0.2) is 0 Å². The monoisotopic (exact) mass is 325 g/mol. The standard InChI is InChI=1S/C18H15NO5/c1-22-16-14-8-7-13(23-10-12-5-3-2-4-6-12)9-15(14)19-18(21)17(16)24-11-20/h2-9,11H,10H2,1H3,(H,19,21). The highest BCUT2D eigenvalue weighted by Gasteiger charge is 2.15. The van der Waals surface area contributed by atoms with Gasteiger partial charge in [-0.15, -0.1) is 0 Å². The van der Waals surface area contributed by atoms with Gasteiger partial charge >= 0.3 is 0 Å². The van der Waals surface area contributed by atoms with Crippen LogP contribution in [0.2, 0.25) is 0 Å². The minimum Gasteiger partial charge on any atom is -0.492 e. The Morgan fingerprint density at radius 1 is 1.08 bits per heavy atom. The lowest BCUT2D eigenvalue weighted by molar-refractivity contribution is -0.120. The maximum absolute atomic E-state index is 12.0. The van der Waals surface area contributed by atoms with Gasteiger partial charge in [0.25, 0.3) is 12.0 Å². The summed E-state index contributed by atoms with van der Waals surface area (Å²) in [6.07, 6.45) is 0. The molecule has 3 aromatic rings. The number of aromatic nitrogens is 1. The summed E-state index contributed by atoms with van der Waals surface area (Å²) in [5.74, 6) is 0.640. The third-order valence-corrected chi connectivity index (χ3v) is 3.51. The molecule has 6 nitrogen and oxygen atoms in total. The quantitative estimate of drug-likeness (QED) is 0.705. The lowest BCUT2D eigenvalue weighted by atomic mass is 10.2. The van der Waals surface area contributed by atoms with Crippen LogP contribution in [0.3, 0.4) is 0 Å². The van der Waals surface area contributed by atoms with Gasteiger partial charge in [0.15, 0.2) is 5.75 Å². The van der Waals surface area contributed by atoms with Gasteiger partial charge in [-0.05, 0) is 17.7 Å². The molecule has 1 heterocycles. The molecule has 0 spiro atoms. The van der Waals surface area contributed by atoms with Crippen molar-refractivity contribution in [3.05, 3.63) is 64.4 Å². The number of carbonyl (C=O) groups excluding carboxylic acids is 1. The zero-order chi connectivity index (χ0) is 16.9. The molecule has 0 radical (unpaired) electrons. The third-order valence-electron chi connectivity index (χ3n) is 3.51. The molecule has 6 heteroatoms. The lowest BCUT2D eigenvalue weighted by Gasteiger charge is -2.11. The second kappa shape index (κ2) is 6.87. The Balaban J connectivity index is 1.95. The second-order valence-electron chi connectivity index (χ2n) is 5.01. The molecule has 3 rings (SSSR count). The van der Waals surface area contributed by atoms with Gasteiger partial charge in [0.2, 0.25) is 5.75 Å². The van der Waals surface area contributed by atoms with E-state index in [1.165, 1.54) is 7.11 Å². The molecule has 0 saturated heterocycles. The Morgan fingerprint density at radius 2 is 1.88 bits per heavy atom. The Bertz CT molecular complexity index is 918. The third kappa shape index (κ3) is 3.08. The minimum absolute atomic E-state index is 0.169. The van der Waals surface area contributed by atoms with E-state index in [0.717, 1.165) is 5.56 Å². The molecule has 1 N–H and O–H groups in total. The molecule has 24 heavy (non-hydrogen) atoms. The maximum Gasteiger partial charge on any atom is 0.298 e. The van der Waals surface area contributed by atoms with Gasteiger partial charge in [-0.2, -0.15) is 0 Å². The summed E-state index contributed by atoms with van der Waals surface area (Å²) >= 11 is 0. The summed E-state index contributed by atoms with van der Waals surface area (Å²) in [4.78, 5) is 25.2. The fraction of sp³-hybridized carbons (Fsp3) is 0.111. The average Bonchev–Trinajstić information content (AvgIpc) is 2.61. The van der Waals surface area contributed by atoms with Crippen molar-refractivity contribution in [1.82, 2.24) is 4.98 Å². The number of nitrogens with one attached hydrogen (secondary N) is 1. The van der Waals surface area contributed by atoms with Gasteiger partial charge in [-0.1, -0.05) is 30.3 Å². The van der Waals surface area contributed by atoms with Crippen LogP contribution in [0.15, 0.2) is 53.3 Å². The first kappa shape index (κ1) is 15.6. The summed E-state index contributed by atoms with van der Waals surface area (Å²) in [5.41, 5.74) is 1.02. The van der Waals surface area contributed by atoms with Crippen LogP contribution in [-0.4, -0.2) is 18.6 Å². The molecule has 0 fully saturated rings. The molecule has 0 amide bonds. The second-order valence-corrected chi connectivity index (χ2v) is 5.01. The summed E-state index contributed by atoms with van der Waals surface area (Å²) in [6, 6.07) is 15.0. The van der Waals surface area contributed by atoms with Gasteiger partial charge < -0.3 is 19.2 Å². The number of ether oxygens (including phenoxy) is 3. The van der Waals surface area contributed by atoms with Crippen LogP contribution in [-0.2, 0) is 11.4 Å². The first-order chi connectivity index (χ1) is 11.7. The number of H-pyrrole nitrogens is 1. The number of hydrogen-bond acceptors (Lipinski definition) is 5. The molecule has 2 aromatic carbocycles. The van der Waals surface area contributed by atoms with Crippen molar-refractivity contribution >= 4 is 17.4 Å². The Hall–Kier alpha value is -3.28. The summed E-state index contributed by atoms with van der Waals surface area (Å²) in [6.45, 7) is 0.607. The summed E-state index contributed by atoms with van der Waals surface area (Å²) < 4.78 is 15.7.